The summed E-state index contributed by atoms with van der Waals surface area (Å²) in [7, 11) is -3.30. The van der Waals surface area contributed by atoms with Crippen LogP contribution in [0.1, 0.15) is 44.1 Å². The Hall–Kier alpha value is -1.45. The number of nitrogens with zero attached hydrogens (tertiary/aromatic N) is 1. The van der Waals surface area contributed by atoms with E-state index in [2.05, 4.69) is 4.99 Å². The number of carbonyl (C=O) groups excluding carboxylic acids is 1. The summed E-state index contributed by atoms with van der Waals surface area (Å²) in [5, 5.41) is -0.263. The highest BCUT2D eigenvalue weighted by Crippen LogP contribution is 2.48. The van der Waals surface area contributed by atoms with E-state index in [0.717, 1.165) is 38.5 Å². The second kappa shape index (κ2) is 4.83. The molecule has 0 amide bonds. The smallest absolute Gasteiger partial charge is 0.223 e. The van der Waals surface area contributed by atoms with Crippen molar-refractivity contribution >= 4 is 15.9 Å². The van der Waals surface area contributed by atoms with Gasteiger partial charge in [-0.05, 0) is 43.7 Å². The summed E-state index contributed by atoms with van der Waals surface area (Å²) >= 11 is 0. The Morgan fingerprint density at radius 1 is 1.15 bits per heavy atom. The lowest BCUT2D eigenvalue weighted by Gasteiger charge is -2.39. The summed E-state index contributed by atoms with van der Waals surface area (Å²) in [6, 6.07) is 7.01. The van der Waals surface area contributed by atoms with Crippen LogP contribution in [0, 0.1) is 0 Å². The first-order chi connectivity index (χ1) is 9.60. The van der Waals surface area contributed by atoms with Gasteiger partial charge in [0, 0.05) is 0 Å². The van der Waals surface area contributed by atoms with Crippen LogP contribution in [0.5, 0.6) is 0 Å². The normalized spacial score (nSPS) is 21.4. The summed E-state index contributed by atoms with van der Waals surface area (Å²) in [5.41, 5.74) is 0.0244. The molecule has 106 valence electrons. The molecule has 1 aromatic carbocycles. The Morgan fingerprint density at radius 2 is 1.85 bits per heavy atom. The Kier molecular flexibility index (Phi) is 3.27. The fraction of sp³-hybridized carbons (Fsp3) is 0.533. The highest BCUT2D eigenvalue weighted by Gasteiger charge is 2.44. The molecule has 2 aliphatic rings. The van der Waals surface area contributed by atoms with Gasteiger partial charge in [0.25, 0.3) is 0 Å². The molecular formula is C15H17NO3S. The maximum atomic E-state index is 12.7. The lowest BCUT2D eigenvalue weighted by molar-refractivity contribution is 0.251. The molecule has 0 saturated heterocycles. The molecule has 4 nitrogen and oxygen atoms in total. The molecule has 5 heteroatoms. The number of hydrogen-bond donors (Lipinski definition) is 0. The molecule has 0 N–H and O–H groups in total. The molecule has 0 atom stereocenters. The third-order valence-corrected chi connectivity index (χ3v) is 6.94. The largest absolute Gasteiger partial charge is 0.235 e. The minimum Gasteiger partial charge on any atom is -0.223 e. The van der Waals surface area contributed by atoms with Crippen molar-refractivity contribution in [3.63, 3.8) is 0 Å². The summed E-state index contributed by atoms with van der Waals surface area (Å²) in [6.45, 7) is 0. The molecule has 0 heterocycles. The van der Waals surface area contributed by atoms with E-state index in [4.69, 9.17) is 0 Å². The number of isocyanates is 1. The van der Waals surface area contributed by atoms with Gasteiger partial charge in [-0.3, -0.25) is 0 Å². The summed E-state index contributed by atoms with van der Waals surface area (Å²) < 4.78 is 25.4. The van der Waals surface area contributed by atoms with Gasteiger partial charge in [-0.2, -0.15) is 4.99 Å². The van der Waals surface area contributed by atoms with Crippen molar-refractivity contribution < 1.29 is 13.2 Å². The molecule has 0 unspecified atom stereocenters. The van der Waals surface area contributed by atoms with E-state index in [0.29, 0.717) is 10.5 Å². The lowest BCUT2D eigenvalue weighted by Crippen LogP contribution is -2.36. The minimum absolute atomic E-state index is 0.263. The average Bonchev–Trinajstić information content (AvgIpc) is 2.31. The molecule has 20 heavy (non-hydrogen) atoms. The third kappa shape index (κ3) is 1.93. The van der Waals surface area contributed by atoms with E-state index in [9.17, 15) is 13.2 Å². The molecule has 0 aliphatic heterocycles. The van der Waals surface area contributed by atoms with Gasteiger partial charge >= 0.3 is 0 Å². The Balaban J connectivity index is 2.11. The number of aliphatic imine (C=N–C) groups is 1. The molecule has 2 saturated carbocycles. The SMILES string of the molecule is O=C=NC1(c2ccccc2S(=O)(=O)C2CCC2)CCC1. The molecule has 0 spiro atoms. The van der Waals surface area contributed by atoms with Gasteiger partial charge in [-0.15, -0.1) is 0 Å². The summed E-state index contributed by atoms with van der Waals surface area (Å²) in [4.78, 5) is 15.0. The van der Waals surface area contributed by atoms with E-state index in [1.807, 2.05) is 6.07 Å². The fourth-order valence-corrected chi connectivity index (χ4v) is 5.15. The predicted octanol–water partition coefficient (Wildman–Crippen LogP) is 2.73. The van der Waals surface area contributed by atoms with Gasteiger partial charge in [-0.25, -0.2) is 13.2 Å². The molecule has 2 fully saturated rings. The molecule has 0 bridgehead atoms. The quantitative estimate of drug-likeness (QED) is 0.633. The first kappa shape index (κ1) is 13.5. The van der Waals surface area contributed by atoms with Gasteiger partial charge in [-0.1, -0.05) is 24.6 Å². The van der Waals surface area contributed by atoms with E-state index in [1.165, 1.54) is 0 Å². The monoisotopic (exact) mass is 291 g/mol. The van der Waals surface area contributed by atoms with Gasteiger partial charge in [0.05, 0.1) is 15.7 Å². The van der Waals surface area contributed by atoms with Crippen LogP contribution >= 0.6 is 0 Å². The van der Waals surface area contributed by atoms with Crippen molar-refractivity contribution in [2.45, 2.75) is 54.2 Å². The van der Waals surface area contributed by atoms with Crippen LogP contribution in [-0.4, -0.2) is 19.7 Å². The Bertz CT molecular complexity index is 666. The zero-order valence-corrected chi connectivity index (χ0v) is 12.0. The summed E-state index contributed by atoms with van der Waals surface area (Å²) in [5.74, 6) is 0. The zero-order chi connectivity index (χ0) is 14.2. The molecule has 0 aromatic heterocycles. The van der Waals surface area contributed by atoms with E-state index < -0.39 is 15.4 Å². The highest BCUT2D eigenvalue weighted by atomic mass is 32.2. The highest BCUT2D eigenvalue weighted by molar-refractivity contribution is 7.92. The van der Waals surface area contributed by atoms with Gasteiger partial charge in [0.2, 0.25) is 6.08 Å². The van der Waals surface area contributed by atoms with Crippen molar-refractivity contribution in [3.8, 4) is 0 Å². The first-order valence-electron chi connectivity index (χ1n) is 7.03. The van der Waals surface area contributed by atoms with Crippen molar-refractivity contribution in [3.05, 3.63) is 29.8 Å². The molecule has 2 aliphatic carbocycles. The number of sulfone groups is 1. The lowest BCUT2D eigenvalue weighted by atomic mass is 9.72. The minimum atomic E-state index is -3.30. The van der Waals surface area contributed by atoms with Crippen LogP contribution in [0.3, 0.4) is 0 Å². The maximum absolute atomic E-state index is 12.7. The van der Waals surface area contributed by atoms with Crippen LogP contribution < -0.4 is 0 Å². The first-order valence-corrected chi connectivity index (χ1v) is 8.57. The second-order valence-corrected chi connectivity index (χ2v) is 7.88. The van der Waals surface area contributed by atoms with Crippen molar-refractivity contribution in [2.75, 3.05) is 0 Å². The molecule has 1 aromatic rings. The molecular weight excluding hydrogens is 274 g/mol. The fourth-order valence-electron chi connectivity index (χ4n) is 3.00. The van der Waals surface area contributed by atoms with Crippen LogP contribution in [0.15, 0.2) is 34.2 Å². The van der Waals surface area contributed by atoms with Crippen LogP contribution in [0.2, 0.25) is 0 Å². The zero-order valence-electron chi connectivity index (χ0n) is 11.2. The van der Waals surface area contributed by atoms with Crippen LogP contribution in [-0.2, 0) is 20.2 Å². The number of benzene rings is 1. The Morgan fingerprint density at radius 3 is 2.35 bits per heavy atom. The number of rotatable bonds is 4. The third-order valence-electron chi connectivity index (χ3n) is 4.63. The van der Waals surface area contributed by atoms with Crippen molar-refractivity contribution in [1.29, 1.82) is 0 Å². The van der Waals surface area contributed by atoms with E-state index in [-0.39, 0.29) is 5.25 Å². The topological polar surface area (TPSA) is 63.6 Å². The van der Waals surface area contributed by atoms with E-state index >= 15 is 0 Å². The summed E-state index contributed by atoms with van der Waals surface area (Å²) in [6.07, 6.45) is 6.48. The Labute approximate surface area is 118 Å². The van der Waals surface area contributed by atoms with Gasteiger partial charge in [0.15, 0.2) is 9.84 Å². The van der Waals surface area contributed by atoms with Crippen molar-refractivity contribution in [1.82, 2.24) is 0 Å². The van der Waals surface area contributed by atoms with E-state index in [1.54, 1.807) is 24.3 Å². The predicted molar refractivity (Wildman–Crippen MR) is 74.9 cm³/mol. The second-order valence-electron chi connectivity index (χ2n) is 5.68. The maximum Gasteiger partial charge on any atom is 0.235 e. The van der Waals surface area contributed by atoms with Crippen LogP contribution in [0.25, 0.3) is 0 Å². The molecule has 3 rings (SSSR count). The van der Waals surface area contributed by atoms with Gasteiger partial charge < -0.3 is 0 Å². The number of hydrogen-bond acceptors (Lipinski definition) is 4. The van der Waals surface area contributed by atoms with Crippen LogP contribution in [0.4, 0.5) is 0 Å². The van der Waals surface area contributed by atoms with Crippen molar-refractivity contribution in [2.24, 2.45) is 4.99 Å². The average molecular weight is 291 g/mol. The molecule has 0 radical (unpaired) electrons. The standard InChI is InChI=1S/C15H17NO3S/c17-11-16-15(9-4-10-15)13-7-1-2-8-14(13)20(18,19)12-5-3-6-12/h1-2,7-8,12H,3-6,9-10H2. The van der Waals surface area contributed by atoms with Gasteiger partial charge in [0.1, 0.15) is 0 Å².